The van der Waals surface area contributed by atoms with Crippen LogP contribution < -0.4 is 9.47 Å². The standard InChI is InChI=1S/C20H30O4/c1-6-7-8-16-9-10-17(23-19(21)11-14(2)3)18(13-16)24-20(22)12-15(4)5/h9-10,13-15H,6-8,11-12H2,1-5H3. The molecule has 0 heterocycles. The Morgan fingerprint density at radius 3 is 1.96 bits per heavy atom. The van der Waals surface area contributed by atoms with Gasteiger partial charge in [0.05, 0.1) is 0 Å². The van der Waals surface area contributed by atoms with Crippen molar-refractivity contribution in [3.63, 3.8) is 0 Å². The molecule has 0 spiro atoms. The van der Waals surface area contributed by atoms with Crippen molar-refractivity contribution in [2.24, 2.45) is 11.8 Å². The average Bonchev–Trinajstić information content (AvgIpc) is 2.45. The van der Waals surface area contributed by atoms with Crippen molar-refractivity contribution >= 4 is 11.9 Å². The molecule has 1 aromatic rings. The summed E-state index contributed by atoms with van der Waals surface area (Å²) < 4.78 is 10.9. The summed E-state index contributed by atoms with van der Waals surface area (Å²) in [6, 6.07) is 5.46. The topological polar surface area (TPSA) is 52.6 Å². The molecule has 0 amide bonds. The smallest absolute Gasteiger partial charge is 0.311 e. The van der Waals surface area contributed by atoms with E-state index in [0.717, 1.165) is 24.8 Å². The summed E-state index contributed by atoms with van der Waals surface area (Å²) in [5.41, 5.74) is 1.08. The van der Waals surface area contributed by atoms with Crippen LogP contribution in [0.4, 0.5) is 0 Å². The van der Waals surface area contributed by atoms with E-state index in [1.165, 1.54) is 0 Å². The maximum absolute atomic E-state index is 12.0. The second-order valence-corrected chi connectivity index (χ2v) is 7.03. The Morgan fingerprint density at radius 2 is 1.46 bits per heavy atom. The first-order valence-corrected chi connectivity index (χ1v) is 8.86. The molecule has 0 atom stereocenters. The molecule has 4 heteroatoms. The molecule has 0 saturated heterocycles. The van der Waals surface area contributed by atoms with E-state index in [4.69, 9.17) is 9.47 Å². The highest BCUT2D eigenvalue weighted by molar-refractivity contribution is 5.76. The van der Waals surface area contributed by atoms with E-state index in [9.17, 15) is 9.59 Å². The molecule has 4 nitrogen and oxygen atoms in total. The summed E-state index contributed by atoms with van der Waals surface area (Å²) in [4.78, 5) is 23.9. The number of carbonyl (C=O) groups is 2. The lowest BCUT2D eigenvalue weighted by Crippen LogP contribution is -2.14. The minimum atomic E-state index is -0.313. The first-order chi connectivity index (χ1) is 11.3. The third-order valence-corrected chi connectivity index (χ3v) is 3.42. The molecule has 0 bridgehead atoms. The van der Waals surface area contributed by atoms with Gasteiger partial charge in [-0.2, -0.15) is 0 Å². The predicted molar refractivity (Wildman–Crippen MR) is 95.2 cm³/mol. The second kappa shape index (κ2) is 10.1. The third kappa shape index (κ3) is 7.62. The lowest BCUT2D eigenvalue weighted by Gasteiger charge is -2.13. The van der Waals surface area contributed by atoms with Gasteiger partial charge in [-0.25, -0.2) is 0 Å². The van der Waals surface area contributed by atoms with Crippen molar-refractivity contribution in [1.82, 2.24) is 0 Å². The van der Waals surface area contributed by atoms with E-state index in [0.29, 0.717) is 24.3 Å². The number of carbonyl (C=O) groups excluding carboxylic acids is 2. The van der Waals surface area contributed by atoms with Crippen molar-refractivity contribution in [2.75, 3.05) is 0 Å². The van der Waals surface area contributed by atoms with Crippen LogP contribution in [0.3, 0.4) is 0 Å². The molecule has 134 valence electrons. The average molecular weight is 334 g/mol. The van der Waals surface area contributed by atoms with Crippen LogP contribution >= 0.6 is 0 Å². The van der Waals surface area contributed by atoms with Crippen LogP contribution in [0.2, 0.25) is 0 Å². The number of ether oxygens (including phenoxy) is 2. The maximum Gasteiger partial charge on any atom is 0.311 e. The van der Waals surface area contributed by atoms with Gasteiger partial charge in [0.1, 0.15) is 0 Å². The Hall–Kier alpha value is -1.84. The normalized spacial score (nSPS) is 11.0. The van der Waals surface area contributed by atoms with E-state index in [-0.39, 0.29) is 23.8 Å². The summed E-state index contributed by atoms with van der Waals surface area (Å²) in [5, 5.41) is 0. The molecule has 0 aromatic heterocycles. The lowest BCUT2D eigenvalue weighted by atomic mass is 10.1. The molecule has 0 radical (unpaired) electrons. The molecule has 24 heavy (non-hydrogen) atoms. The van der Waals surface area contributed by atoms with Crippen LogP contribution in [0.1, 0.15) is 65.9 Å². The monoisotopic (exact) mass is 334 g/mol. The van der Waals surface area contributed by atoms with Gasteiger partial charge >= 0.3 is 11.9 Å². The molecule has 0 aliphatic rings. The second-order valence-electron chi connectivity index (χ2n) is 7.03. The molecule has 1 aromatic carbocycles. The molecule has 0 aliphatic carbocycles. The highest BCUT2D eigenvalue weighted by Gasteiger charge is 2.16. The Bertz CT molecular complexity index is 547. The van der Waals surface area contributed by atoms with Crippen LogP contribution in [-0.4, -0.2) is 11.9 Å². The van der Waals surface area contributed by atoms with Crippen LogP contribution in [0, 0.1) is 11.8 Å². The van der Waals surface area contributed by atoms with Gasteiger partial charge in [0.2, 0.25) is 0 Å². The number of hydrogen-bond acceptors (Lipinski definition) is 4. The van der Waals surface area contributed by atoms with Crippen molar-refractivity contribution in [2.45, 2.75) is 66.7 Å². The predicted octanol–water partition coefficient (Wildman–Crippen LogP) is 4.93. The van der Waals surface area contributed by atoms with Crippen molar-refractivity contribution in [1.29, 1.82) is 0 Å². The van der Waals surface area contributed by atoms with E-state index in [1.54, 1.807) is 6.07 Å². The number of unbranched alkanes of at least 4 members (excludes halogenated alkanes) is 1. The Morgan fingerprint density at radius 1 is 0.917 bits per heavy atom. The van der Waals surface area contributed by atoms with Crippen LogP contribution in [-0.2, 0) is 16.0 Å². The van der Waals surface area contributed by atoms with Crippen LogP contribution in [0.15, 0.2) is 18.2 Å². The highest BCUT2D eigenvalue weighted by atomic mass is 16.6. The SMILES string of the molecule is CCCCc1ccc(OC(=O)CC(C)C)c(OC(=O)CC(C)C)c1. The number of hydrogen-bond donors (Lipinski definition) is 0. The number of esters is 2. The van der Waals surface area contributed by atoms with E-state index in [1.807, 2.05) is 39.8 Å². The zero-order valence-corrected chi connectivity index (χ0v) is 15.6. The van der Waals surface area contributed by atoms with Gasteiger partial charge in [-0.3, -0.25) is 9.59 Å². The third-order valence-electron chi connectivity index (χ3n) is 3.42. The Balaban J connectivity index is 2.94. The minimum Gasteiger partial charge on any atom is -0.423 e. The zero-order valence-electron chi connectivity index (χ0n) is 15.6. The fraction of sp³-hybridized carbons (Fsp3) is 0.600. The largest absolute Gasteiger partial charge is 0.423 e. The van der Waals surface area contributed by atoms with Gasteiger partial charge in [-0.15, -0.1) is 0 Å². The number of rotatable bonds is 9. The van der Waals surface area contributed by atoms with Crippen molar-refractivity contribution in [3.05, 3.63) is 23.8 Å². The summed E-state index contributed by atoms with van der Waals surface area (Å²) in [7, 11) is 0. The Labute approximate surface area is 145 Å². The van der Waals surface area contributed by atoms with Gasteiger partial charge in [0, 0.05) is 12.8 Å². The van der Waals surface area contributed by atoms with E-state index in [2.05, 4.69) is 6.92 Å². The maximum atomic E-state index is 12.0. The molecule has 0 aliphatic heterocycles. The molecule has 0 saturated carbocycles. The fourth-order valence-electron chi connectivity index (χ4n) is 2.25. The highest BCUT2D eigenvalue weighted by Crippen LogP contribution is 2.30. The lowest BCUT2D eigenvalue weighted by molar-refractivity contribution is -0.138. The number of aryl methyl sites for hydroxylation is 1. The zero-order chi connectivity index (χ0) is 18.1. The van der Waals surface area contributed by atoms with Gasteiger partial charge in [-0.1, -0.05) is 47.1 Å². The quantitative estimate of drug-likeness (QED) is 0.474. The molecule has 0 unspecified atom stereocenters. The Kier molecular flexibility index (Phi) is 8.51. The molecule has 0 N–H and O–H groups in total. The van der Waals surface area contributed by atoms with Crippen molar-refractivity contribution < 1.29 is 19.1 Å². The van der Waals surface area contributed by atoms with E-state index < -0.39 is 0 Å². The van der Waals surface area contributed by atoms with Crippen LogP contribution in [0.25, 0.3) is 0 Å². The minimum absolute atomic E-state index is 0.215. The van der Waals surface area contributed by atoms with Gasteiger partial charge < -0.3 is 9.47 Å². The molecule has 0 fully saturated rings. The first kappa shape index (κ1) is 20.2. The summed E-state index contributed by atoms with van der Waals surface area (Å²) in [5.74, 6) is 0.469. The summed E-state index contributed by atoms with van der Waals surface area (Å²) >= 11 is 0. The van der Waals surface area contributed by atoms with Gasteiger partial charge in [0.15, 0.2) is 11.5 Å². The van der Waals surface area contributed by atoms with Gasteiger partial charge in [-0.05, 0) is 42.4 Å². The molecule has 1 rings (SSSR count). The summed E-state index contributed by atoms with van der Waals surface area (Å²) in [6.07, 6.45) is 3.72. The fourth-order valence-corrected chi connectivity index (χ4v) is 2.25. The van der Waals surface area contributed by atoms with Gasteiger partial charge in [0.25, 0.3) is 0 Å². The van der Waals surface area contributed by atoms with Crippen LogP contribution in [0.5, 0.6) is 11.5 Å². The number of benzene rings is 1. The van der Waals surface area contributed by atoms with Crippen molar-refractivity contribution in [3.8, 4) is 11.5 Å². The molecular weight excluding hydrogens is 304 g/mol. The molecular formula is C20H30O4. The summed E-state index contributed by atoms with van der Waals surface area (Å²) in [6.45, 7) is 9.97. The van der Waals surface area contributed by atoms with E-state index >= 15 is 0 Å². The first-order valence-electron chi connectivity index (χ1n) is 8.86.